The molecule has 0 aliphatic heterocycles. The molecule has 1 amide bonds. The Morgan fingerprint density at radius 2 is 1.89 bits per heavy atom. The Kier molecular flexibility index (Phi) is 7.16. The molecule has 0 radical (unpaired) electrons. The highest BCUT2D eigenvalue weighted by molar-refractivity contribution is 6.25. The molecule has 0 saturated heterocycles. The van der Waals surface area contributed by atoms with Crippen LogP contribution in [0.2, 0.25) is 0 Å². The van der Waals surface area contributed by atoms with Gasteiger partial charge in [0.25, 0.3) is 0 Å². The third-order valence-electron chi connectivity index (χ3n) is 7.29. The van der Waals surface area contributed by atoms with E-state index in [1.54, 1.807) is 32.0 Å². The van der Waals surface area contributed by atoms with Crippen molar-refractivity contribution < 1.29 is 34.4 Å². The monoisotopic (exact) mass is 489 g/mol. The number of aliphatic hydroxyl groups excluding tert-OH is 2. The minimum atomic E-state index is -2.96. The average Bonchev–Trinajstić information content (AvgIpc) is 2.75. The smallest absolute Gasteiger partial charge is 0.225 e. The number of aliphatic hydroxyl groups is 3. The van der Waals surface area contributed by atoms with Crippen LogP contribution < -0.4 is 21.9 Å². The van der Waals surface area contributed by atoms with E-state index in [0.717, 1.165) is 0 Å². The predicted octanol–water partition coefficient (Wildman–Crippen LogP) is 0.109. The molecule has 1 saturated carbocycles. The van der Waals surface area contributed by atoms with Crippen LogP contribution in [0.1, 0.15) is 51.2 Å². The predicted molar refractivity (Wildman–Crippen MR) is 128 cm³/mol. The second-order valence-electron chi connectivity index (χ2n) is 10.1. The Labute approximate surface area is 204 Å². The Balaban J connectivity index is 2.31. The normalized spacial score (nSPS) is 29.0. The van der Waals surface area contributed by atoms with E-state index in [-0.39, 0.29) is 29.9 Å². The summed E-state index contributed by atoms with van der Waals surface area (Å²) >= 11 is 0. The van der Waals surface area contributed by atoms with Gasteiger partial charge >= 0.3 is 0 Å². The van der Waals surface area contributed by atoms with Crippen molar-refractivity contribution in [3.63, 3.8) is 0 Å². The highest BCUT2D eigenvalue weighted by Gasteiger charge is 2.70. The van der Waals surface area contributed by atoms with Gasteiger partial charge in [0.1, 0.15) is 11.5 Å². The quantitative estimate of drug-likeness (QED) is 0.260. The van der Waals surface area contributed by atoms with Crippen LogP contribution in [0.3, 0.4) is 0 Å². The number of rotatable bonds is 9. The second-order valence-corrected chi connectivity index (χ2v) is 10.1. The summed E-state index contributed by atoms with van der Waals surface area (Å²) in [4.78, 5) is 38.8. The summed E-state index contributed by atoms with van der Waals surface area (Å²) in [5.41, 5.74) is 12.6. The fourth-order valence-electron chi connectivity index (χ4n) is 5.68. The third kappa shape index (κ3) is 4.04. The zero-order valence-electron chi connectivity index (χ0n) is 20.3. The lowest BCUT2D eigenvalue weighted by Gasteiger charge is -2.57. The van der Waals surface area contributed by atoms with Gasteiger partial charge in [-0.15, -0.1) is 0 Å². The van der Waals surface area contributed by atoms with Gasteiger partial charge in [0.2, 0.25) is 17.3 Å². The molecule has 9 N–H and O–H groups in total. The highest BCUT2D eigenvalue weighted by Crippen LogP contribution is 2.52. The van der Waals surface area contributed by atoms with Gasteiger partial charge in [0, 0.05) is 12.5 Å². The fraction of sp³-hybridized carbons (Fsp3) is 0.560. The Morgan fingerprint density at radius 1 is 1.23 bits per heavy atom. The summed E-state index contributed by atoms with van der Waals surface area (Å²) in [5.74, 6) is -4.97. The van der Waals surface area contributed by atoms with E-state index >= 15 is 0 Å². The van der Waals surface area contributed by atoms with Gasteiger partial charge in [-0.25, -0.2) is 0 Å². The number of nitrogens with two attached hydrogens (primary N) is 3. The first-order valence-corrected chi connectivity index (χ1v) is 11.7. The number of hydrogen-bond donors (Lipinski definition) is 6. The summed E-state index contributed by atoms with van der Waals surface area (Å²) in [6, 6.07) is 5.12. The average molecular weight is 490 g/mol. The molecule has 1 fully saturated rings. The molecule has 1 aromatic carbocycles. The molecule has 0 bridgehead atoms. The number of benzene rings is 1. The Bertz CT molecular complexity index is 1080. The summed E-state index contributed by atoms with van der Waals surface area (Å²) < 4.78 is 5.76. The zero-order valence-corrected chi connectivity index (χ0v) is 20.3. The summed E-state index contributed by atoms with van der Waals surface area (Å²) in [6.07, 6.45) is -0.513. The lowest BCUT2D eigenvalue weighted by molar-refractivity contribution is -0.168. The first kappa shape index (κ1) is 26.8. The number of fused-ring (bicyclic) bond motifs is 2. The molecule has 0 heterocycles. The fourth-order valence-corrected chi connectivity index (χ4v) is 5.68. The molecule has 4 atom stereocenters. The molecule has 3 rings (SSSR count). The topological polar surface area (TPSA) is 199 Å². The van der Waals surface area contributed by atoms with E-state index in [0.29, 0.717) is 24.3 Å². The largest absolute Gasteiger partial charge is 0.507 e. The van der Waals surface area contributed by atoms with E-state index in [1.165, 1.54) is 0 Å². The minimum Gasteiger partial charge on any atom is -0.507 e. The lowest BCUT2D eigenvalue weighted by atomic mass is 9.51. The maximum atomic E-state index is 14.0. The van der Waals surface area contributed by atoms with Crippen molar-refractivity contribution >= 4 is 23.2 Å². The number of carbonyl (C=O) groups excluding carboxylic acids is 3. The van der Waals surface area contributed by atoms with Crippen LogP contribution in [0.5, 0.6) is 5.75 Å². The first-order chi connectivity index (χ1) is 16.3. The lowest BCUT2D eigenvalue weighted by Crippen LogP contribution is -2.80. The maximum absolute atomic E-state index is 14.0. The van der Waals surface area contributed by atoms with Crippen molar-refractivity contribution in [1.82, 2.24) is 0 Å². The van der Waals surface area contributed by atoms with E-state index in [1.807, 2.05) is 6.92 Å². The molecule has 0 unspecified atom stereocenters. The van der Waals surface area contributed by atoms with Crippen molar-refractivity contribution in [3.05, 3.63) is 34.9 Å². The summed E-state index contributed by atoms with van der Waals surface area (Å²) in [7, 11) is 0. The zero-order chi connectivity index (χ0) is 26.3. The molecule has 35 heavy (non-hydrogen) atoms. The van der Waals surface area contributed by atoms with Gasteiger partial charge in [-0.2, -0.15) is 0 Å². The van der Waals surface area contributed by atoms with Crippen molar-refractivity contribution in [2.75, 3.05) is 13.2 Å². The van der Waals surface area contributed by atoms with Crippen LogP contribution in [0.25, 0.3) is 5.76 Å². The Hall–Kier alpha value is -2.79. The number of hydrogen-bond acceptors (Lipinski definition) is 9. The van der Waals surface area contributed by atoms with Gasteiger partial charge in [0.15, 0.2) is 5.78 Å². The molecule has 2 aliphatic rings. The molecule has 1 aromatic rings. The molecular weight excluding hydrogens is 454 g/mol. The standard InChI is InChI=1S/C25H35N3O7/c1-4-8-35-16-7-5-6-14-10-23(27)12-24(28,15(11-29)13(2)3)25(34,17(30)9-18(26)31)22(33)20(23)21(32)19(14)16/h5-7,13,15,29,32,34H,4,8-12,27-28H2,1-3H3,(H2,26,31)/t15-,23+,24+,25+/m0/s1. The minimum absolute atomic E-state index is 0.0616. The van der Waals surface area contributed by atoms with Gasteiger partial charge in [-0.05, 0) is 36.8 Å². The number of ether oxygens (including phenoxy) is 1. The van der Waals surface area contributed by atoms with Crippen molar-refractivity contribution in [3.8, 4) is 5.75 Å². The number of carbonyl (C=O) groups is 3. The molecule has 192 valence electrons. The molecule has 2 aliphatic carbocycles. The van der Waals surface area contributed by atoms with E-state index in [4.69, 9.17) is 21.9 Å². The van der Waals surface area contributed by atoms with Crippen molar-refractivity contribution in [2.24, 2.45) is 29.0 Å². The molecule has 10 heteroatoms. The Morgan fingerprint density at radius 3 is 2.43 bits per heavy atom. The van der Waals surface area contributed by atoms with Gasteiger partial charge < -0.3 is 37.3 Å². The van der Waals surface area contributed by atoms with Crippen LogP contribution in [-0.2, 0) is 20.8 Å². The van der Waals surface area contributed by atoms with Gasteiger partial charge in [-0.3, -0.25) is 14.4 Å². The number of amides is 1. The van der Waals surface area contributed by atoms with Crippen molar-refractivity contribution in [1.29, 1.82) is 0 Å². The summed E-state index contributed by atoms with van der Waals surface area (Å²) in [5, 5.41) is 33.3. The van der Waals surface area contributed by atoms with E-state index in [9.17, 15) is 29.7 Å². The van der Waals surface area contributed by atoms with Gasteiger partial charge in [0.05, 0.1) is 35.2 Å². The van der Waals surface area contributed by atoms with E-state index in [2.05, 4.69) is 0 Å². The maximum Gasteiger partial charge on any atom is 0.225 e. The van der Waals surface area contributed by atoms with E-state index < -0.39 is 58.9 Å². The third-order valence-corrected chi connectivity index (χ3v) is 7.29. The first-order valence-electron chi connectivity index (χ1n) is 11.7. The van der Waals surface area contributed by atoms with Gasteiger partial charge in [-0.1, -0.05) is 32.9 Å². The number of primary amides is 1. The SMILES string of the molecule is CCCOc1cccc2c1C(O)=C1C(=O)[C@](O)(C(=O)CC(N)=O)[C@](N)([C@@H](CO)C(C)C)C[C@]1(N)C2. The highest BCUT2D eigenvalue weighted by atomic mass is 16.5. The number of ketones is 2. The second kappa shape index (κ2) is 9.34. The molecule has 0 spiro atoms. The molecule has 10 nitrogen and oxygen atoms in total. The molecular formula is C25H35N3O7. The van der Waals surface area contributed by atoms with Crippen LogP contribution in [0, 0.1) is 11.8 Å². The summed E-state index contributed by atoms with van der Waals surface area (Å²) in [6.45, 7) is 5.17. The molecule has 0 aromatic heterocycles. The van der Waals surface area contributed by atoms with Crippen LogP contribution >= 0.6 is 0 Å². The van der Waals surface area contributed by atoms with Crippen molar-refractivity contribution in [2.45, 2.75) is 63.1 Å². The number of Topliss-reactive ketones (excluding diaryl/α,β-unsaturated/α-hetero) is 2. The van der Waals surface area contributed by atoms with Crippen LogP contribution in [0.15, 0.2) is 23.8 Å². The van der Waals surface area contributed by atoms with Crippen LogP contribution in [-0.4, -0.2) is 62.7 Å². The van der Waals surface area contributed by atoms with Crippen LogP contribution in [0.4, 0.5) is 0 Å².